The molecule has 1 amide bonds. The highest BCUT2D eigenvalue weighted by atomic mass is 32.1. The molecule has 0 N–H and O–H groups in total. The fraction of sp³-hybridized carbons (Fsp3) is 0.348. The number of amides is 1. The van der Waals surface area contributed by atoms with Crippen molar-refractivity contribution in [3.63, 3.8) is 0 Å². The Morgan fingerprint density at radius 3 is 2.71 bits per heavy atom. The molecule has 2 aliphatic heterocycles. The fourth-order valence-electron chi connectivity index (χ4n) is 4.44. The van der Waals surface area contributed by atoms with Crippen LogP contribution in [0, 0.1) is 18.7 Å². The molecule has 0 unspecified atom stereocenters. The second-order valence-electron chi connectivity index (χ2n) is 8.01. The lowest BCUT2D eigenvalue weighted by atomic mass is 9.69. The molecule has 0 radical (unpaired) electrons. The zero-order valence-corrected chi connectivity index (χ0v) is 17.7. The number of nitrogens with zero attached hydrogens (tertiary/aromatic N) is 3. The van der Waals surface area contributed by atoms with Crippen LogP contribution in [0.15, 0.2) is 48.7 Å². The summed E-state index contributed by atoms with van der Waals surface area (Å²) in [5.41, 5.74) is 1.27. The Morgan fingerprint density at radius 1 is 1.23 bits per heavy atom. The van der Waals surface area contributed by atoms with Gasteiger partial charge < -0.3 is 9.64 Å². The third kappa shape index (κ3) is 3.69. The first-order chi connectivity index (χ1) is 15.0. The number of fused-ring (bicyclic) bond motifs is 2. The normalized spacial score (nSPS) is 24.5. The van der Waals surface area contributed by atoms with Gasteiger partial charge in [0.1, 0.15) is 24.3 Å². The van der Waals surface area contributed by atoms with Crippen molar-refractivity contribution in [2.45, 2.75) is 38.0 Å². The lowest BCUT2D eigenvalue weighted by Gasteiger charge is -2.54. The van der Waals surface area contributed by atoms with E-state index in [-0.39, 0.29) is 30.4 Å². The fourth-order valence-corrected chi connectivity index (χ4v) is 5.36. The quantitative estimate of drug-likeness (QED) is 0.577. The molecule has 3 aromatic rings. The van der Waals surface area contributed by atoms with Gasteiger partial charge in [0.15, 0.2) is 0 Å². The van der Waals surface area contributed by atoms with Gasteiger partial charge in [0.05, 0.1) is 22.1 Å². The number of aryl methyl sites for hydroxylation is 1. The van der Waals surface area contributed by atoms with Crippen LogP contribution in [0.3, 0.4) is 0 Å². The molecule has 1 aliphatic carbocycles. The van der Waals surface area contributed by atoms with Crippen molar-refractivity contribution in [2.75, 3.05) is 6.61 Å². The highest BCUT2D eigenvalue weighted by Crippen LogP contribution is 2.46. The molecule has 2 atom stereocenters. The van der Waals surface area contributed by atoms with Gasteiger partial charge in [-0.1, -0.05) is 30.3 Å². The van der Waals surface area contributed by atoms with E-state index in [0.717, 1.165) is 21.6 Å². The molecule has 0 spiro atoms. The number of piperidine rings is 2. The molecule has 3 aliphatic rings. The van der Waals surface area contributed by atoms with Crippen LogP contribution in [0.4, 0.5) is 8.78 Å². The Bertz CT molecular complexity index is 1080. The van der Waals surface area contributed by atoms with Crippen molar-refractivity contribution in [3.8, 4) is 16.3 Å². The molecule has 8 heteroatoms. The zero-order valence-electron chi connectivity index (χ0n) is 16.9. The van der Waals surface area contributed by atoms with Crippen LogP contribution >= 0.6 is 11.3 Å². The number of hydrogen-bond acceptors (Lipinski definition) is 5. The van der Waals surface area contributed by atoms with Gasteiger partial charge in [-0.3, -0.25) is 4.79 Å². The van der Waals surface area contributed by atoms with E-state index < -0.39 is 18.0 Å². The van der Waals surface area contributed by atoms with Crippen molar-refractivity contribution in [1.82, 2.24) is 14.9 Å². The van der Waals surface area contributed by atoms with E-state index in [9.17, 15) is 9.18 Å². The number of pyridine rings is 1. The Hall–Kier alpha value is -2.87. The van der Waals surface area contributed by atoms with E-state index >= 15 is 4.39 Å². The van der Waals surface area contributed by atoms with Gasteiger partial charge in [-0.15, -0.1) is 11.3 Å². The number of ether oxygens (including phenoxy) is 1. The van der Waals surface area contributed by atoms with E-state index in [4.69, 9.17) is 4.74 Å². The summed E-state index contributed by atoms with van der Waals surface area (Å²) in [7, 11) is 0. The topological polar surface area (TPSA) is 55.3 Å². The minimum atomic E-state index is -1.19. The molecule has 3 fully saturated rings. The SMILES string of the molecule is Cc1nc(C(=O)N2C3CC(C3)[C@@H](F)[C@@H]2COc2ccc(F)cn2)c(-c2ccccc2)s1. The lowest BCUT2D eigenvalue weighted by Crippen LogP contribution is -2.66. The van der Waals surface area contributed by atoms with Gasteiger partial charge in [0, 0.05) is 12.1 Å². The number of carbonyl (C=O) groups excluding carboxylic acids is 1. The number of carbonyl (C=O) groups is 1. The van der Waals surface area contributed by atoms with Crippen LogP contribution in [0.5, 0.6) is 5.88 Å². The summed E-state index contributed by atoms with van der Waals surface area (Å²) in [4.78, 5) is 24.4. The summed E-state index contributed by atoms with van der Waals surface area (Å²) >= 11 is 1.46. The maximum atomic E-state index is 15.2. The molecule has 4 heterocycles. The summed E-state index contributed by atoms with van der Waals surface area (Å²) in [5, 5.41) is 0.783. The van der Waals surface area contributed by atoms with Gasteiger partial charge in [0.25, 0.3) is 5.91 Å². The summed E-state index contributed by atoms with van der Waals surface area (Å²) < 4.78 is 34.0. The standard InChI is InChI=1S/C23H21F2N3O2S/c1-13-27-21(22(31-13)14-5-3-2-4-6-14)23(29)28-17-9-15(10-17)20(25)18(28)12-30-19-8-7-16(24)11-26-19/h2-8,11,15,17-18,20H,9-10,12H2,1H3/t15?,17?,18-,20+/m0/s1. The Kier molecular flexibility index (Phi) is 5.17. The van der Waals surface area contributed by atoms with Crippen molar-refractivity contribution in [2.24, 2.45) is 5.92 Å². The molecule has 1 saturated carbocycles. The Labute approximate surface area is 182 Å². The van der Waals surface area contributed by atoms with Crippen LogP contribution in [-0.2, 0) is 0 Å². The molecular formula is C23H21F2N3O2S. The molecule has 5 nitrogen and oxygen atoms in total. The number of alkyl halides is 1. The number of thiazole rings is 1. The minimum Gasteiger partial charge on any atom is -0.475 e. The smallest absolute Gasteiger partial charge is 0.274 e. The van der Waals surface area contributed by atoms with E-state index in [2.05, 4.69) is 9.97 Å². The maximum absolute atomic E-state index is 15.2. The van der Waals surface area contributed by atoms with Crippen LogP contribution in [-0.4, -0.2) is 45.6 Å². The molecule has 2 bridgehead atoms. The zero-order chi connectivity index (χ0) is 21.5. The highest BCUT2D eigenvalue weighted by molar-refractivity contribution is 7.15. The number of benzene rings is 1. The van der Waals surface area contributed by atoms with Gasteiger partial charge >= 0.3 is 0 Å². The van der Waals surface area contributed by atoms with Crippen LogP contribution < -0.4 is 4.74 Å². The van der Waals surface area contributed by atoms with Crippen molar-refractivity contribution < 1.29 is 18.3 Å². The summed E-state index contributed by atoms with van der Waals surface area (Å²) in [5.74, 6) is -0.599. The predicted molar refractivity (Wildman–Crippen MR) is 113 cm³/mol. The van der Waals surface area contributed by atoms with Crippen molar-refractivity contribution in [1.29, 1.82) is 0 Å². The van der Waals surface area contributed by atoms with Crippen LogP contribution in [0.2, 0.25) is 0 Å². The molecule has 2 aromatic heterocycles. The number of hydrogen-bond donors (Lipinski definition) is 0. The Morgan fingerprint density at radius 2 is 2.00 bits per heavy atom. The summed E-state index contributed by atoms with van der Waals surface area (Å²) in [6.07, 6.45) is 1.17. The van der Waals surface area contributed by atoms with Gasteiger partial charge in [-0.05, 0) is 37.3 Å². The number of aromatic nitrogens is 2. The largest absolute Gasteiger partial charge is 0.475 e. The average Bonchev–Trinajstić information content (AvgIpc) is 3.14. The molecule has 2 saturated heterocycles. The first kappa shape index (κ1) is 20.1. The first-order valence-electron chi connectivity index (χ1n) is 10.2. The lowest BCUT2D eigenvalue weighted by molar-refractivity contribution is -0.0847. The number of halogens is 2. The second kappa shape index (κ2) is 8.00. The van der Waals surface area contributed by atoms with Gasteiger partial charge in [-0.2, -0.15) is 0 Å². The molecule has 31 heavy (non-hydrogen) atoms. The third-order valence-corrected chi connectivity index (χ3v) is 7.05. The summed E-state index contributed by atoms with van der Waals surface area (Å²) in [6, 6.07) is 11.5. The first-order valence-corrected chi connectivity index (χ1v) is 11.1. The predicted octanol–water partition coefficient (Wildman–Crippen LogP) is 4.67. The van der Waals surface area contributed by atoms with E-state index in [0.29, 0.717) is 18.5 Å². The molecule has 160 valence electrons. The van der Waals surface area contributed by atoms with Crippen LogP contribution in [0.1, 0.15) is 28.3 Å². The monoisotopic (exact) mass is 441 g/mol. The van der Waals surface area contributed by atoms with E-state index in [1.807, 2.05) is 37.3 Å². The minimum absolute atomic E-state index is 0.0232. The Balaban J connectivity index is 1.43. The average molecular weight is 442 g/mol. The second-order valence-corrected chi connectivity index (χ2v) is 9.21. The molecule has 6 rings (SSSR count). The van der Waals surface area contributed by atoms with Crippen LogP contribution in [0.25, 0.3) is 10.4 Å². The van der Waals surface area contributed by atoms with Crippen molar-refractivity contribution >= 4 is 17.2 Å². The van der Waals surface area contributed by atoms with E-state index in [1.165, 1.54) is 23.5 Å². The highest BCUT2D eigenvalue weighted by Gasteiger charge is 2.53. The van der Waals surface area contributed by atoms with E-state index in [1.54, 1.807) is 4.90 Å². The third-order valence-electron chi connectivity index (χ3n) is 6.03. The molecular weight excluding hydrogens is 420 g/mol. The summed E-state index contributed by atoms with van der Waals surface area (Å²) in [6.45, 7) is 1.82. The van der Waals surface area contributed by atoms with Crippen molar-refractivity contribution in [3.05, 3.63) is 65.2 Å². The van der Waals surface area contributed by atoms with Gasteiger partial charge in [0.2, 0.25) is 5.88 Å². The number of rotatable bonds is 5. The molecule has 1 aromatic carbocycles. The van der Waals surface area contributed by atoms with Gasteiger partial charge in [-0.25, -0.2) is 18.7 Å². The maximum Gasteiger partial charge on any atom is 0.274 e.